The standard InChI is InChI=1S/C16H14N2O5S3/c1-23-15(19)14-12(9-5-4-6-10(7-9)25(2)20)13-11(24-14)8-17-16(18-13)26(3,21)22/h4-8H,1-3H3/t25-/m0/s1. The predicted molar refractivity (Wildman–Crippen MR) is 99.6 cm³/mol. The van der Waals surface area contributed by atoms with Crippen LogP contribution in [0.15, 0.2) is 40.5 Å². The number of thiophene rings is 1. The molecular weight excluding hydrogens is 396 g/mol. The van der Waals surface area contributed by atoms with Gasteiger partial charge in [-0.05, 0) is 17.7 Å². The fourth-order valence-corrected chi connectivity index (χ4v) is 4.51. The van der Waals surface area contributed by atoms with E-state index in [2.05, 4.69) is 9.97 Å². The molecule has 3 aromatic rings. The van der Waals surface area contributed by atoms with Crippen LogP contribution in [0.2, 0.25) is 0 Å². The number of methoxy groups -OCH3 is 1. The summed E-state index contributed by atoms with van der Waals surface area (Å²) >= 11 is 1.11. The van der Waals surface area contributed by atoms with Crippen molar-refractivity contribution in [3.63, 3.8) is 0 Å². The molecule has 0 aliphatic heterocycles. The number of nitrogens with zero attached hydrogens (tertiary/aromatic N) is 2. The Kier molecular flexibility index (Phi) is 4.91. The van der Waals surface area contributed by atoms with E-state index in [1.54, 1.807) is 30.5 Å². The number of benzene rings is 1. The summed E-state index contributed by atoms with van der Waals surface area (Å²) in [5.74, 6) is -0.563. The quantitative estimate of drug-likeness (QED) is 0.480. The number of sulfone groups is 1. The van der Waals surface area contributed by atoms with E-state index < -0.39 is 26.6 Å². The fraction of sp³-hybridized carbons (Fsp3) is 0.188. The molecule has 3 rings (SSSR count). The highest BCUT2D eigenvalue weighted by atomic mass is 32.2. The molecule has 0 aliphatic rings. The van der Waals surface area contributed by atoms with E-state index in [0.717, 1.165) is 17.6 Å². The Morgan fingerprint density at radius 2 is 2.04 bits per heavy atom. The van der Waals surface area contributed by atoms with Crippen molar-refractivity contribution >= 4 is 48.2 Å². The van der Waals surface area contributed by atoms with E-state index >= 15 is 0 Å². The minimum atomic E-state index is -3.61. The average Bonchev–Trinajstić information content (AvgIpc) is 2.99. The summed E-state index contributed by atoms with van der Waals surface area (Å²) in [6, 6.07) is 6.86. The minimum absolute atomic E-state index is 0.279. The molecule has 0 bridgehead atoms. The molecule has 136 valence electrons. The van der Waals surface area contributed by atoms with Crippen LogP contribution in [0.4, 0.5) is 0 Å². The number of hydrogen-bond donors (Lipinski definition) is 0. The fourth-order valence-electron chi connectivity index (χ4n) is 2.39. The number of ether oxygens (including phenoxy) is 1. The van der Waals surface area contributed by atoms with Gasteiger partial charge in [-0.2, -0.15) is 0 Å². The second-order valence-electron chi connectivity index (χ2n) is 5.42. The molecule has 0 fully saturated rings. The van der Waals surface area contributed by atoms with Gasteiger partial charge in [-0.3, -0.25) is 4.21 Å². The zero-order valence-electron chi connectivity index (χ0n) is 14.0. The Morgan fingerprint density at radius 1 is 1.31 bits per heavy atom. The van der Waals surface area contributed by atoms with E-state index in [1.807, 2.05) is 0 Å². The van der Waals surface area contributed by atoms with E-state index in [4.69, 9.17) is 4.74 Å². The van der Waals surface area contributed by atoms with Gasteiger partial charge in [0.15, 0.2) is 0 Å². The van der Waals surface area contributed by atoms with Gasteiger partial charge < -0.3 is 4.74 Å². The van der Waals surface area contributed by atoms with Gasteiger partial charge >= 0.3 is 5.97 Å². The summed E-state index contributed by atoms with van der Waals surface area (Å²) in [4.78, 5) is 21.1. The first kappa shape index (κ1) is 18.6. The second-order valence-corrected chi connectivity index (χ2v) is 9.76. The molecular formula is C16H14N2O5S3. The molecule has 0 spiro atoms. The molecule has 0 unspecified atom stereocenters. The van der Waals surface area contributed by atoms with Gasteiger partial charge in [-0.15, -0.1) is 11.3 Å². The van der Waals surface area contributed by atoms with Gasteiger partial charge in [-0.25, -0.2) is 23.2 Å². The Morgan fingerprint density at radius 3 is 2.65 bits per heavy atom. The van der Waals surface area contributed by atoms with Crippen molar-refractivity contribution in [2.45, 2.75) is 10.1 Å². The predicted octanol–water partition coefficient (Wildman–Crippen LogP) is 2.29. The molecule has 0 saturated heterocycles. The number of hydrogen-bond acceptors (Lipinski definition) is 8. The maximum atomic E-state index is 12.2. The zero-order chi connectivity index (χ0) is 19.1. The average molecular weight is 410 g/mol. The van der Waals surface area contributed by atoms with Crippen LogP contribution < -0.4 is 0 Å². The molecule has 0 aliphatic carbocycles. The minimum Gasteiger partial charge on any atom is -0.465 e. The van der Waals surface area contributed by atoms with Crippen LogP contribution >= 0.6 is 11.3 Å². The number of rotatable bonds is 4. The second kappa shape index (κ2) is 6.86. The topological polar surface area (TPSA) is 103 Å². The lowest BCUT2D eigenvalue weighted by Gasteiger charge is -2.06. The van der Waals surface area contributed by atoms with Crippen molar-refractivity contribution in [3.8, 4) is 11.1 Å². The monoisotopic (exact) mass is 410 g/mol. The Balaban J connectivity index is 2.38. The molecule has 10 heteroatoms. The molecule has 0 radical (unpaired) electrons. The number of carbonyl (C=O) groups is 1. The number of carbonyl (C=O) groups excluding carboxylic acids is 1. The smallest absolute Gasteiger partial charge is 0.348 e. The van der Waals surface area contributed by atoms with Crippen LogP contribution in [0.3, 0.4) is 0 Å². The van der Waals surface area contributed by atoms with Crippen LogP contribution in [0.5, 0.6) is 0 Å². The van der Waals surface area contributed by atoms with E-state index in [-0.39, 0.29) is 10.0 Å². The Labute approximate surface area is 156 Å². The van der Waals surface area contributed by atoms with Crippen molar-refractivity contribution in [2.75, 3.05) is 19.6 Å². The number of esters is 1. The van der Waals surface area contributed by atoms with Gasteiger partial charge in [0, 0.05) is 40.0 Å². The summed E-state index contributed by atoms with van der Waals surface area (Å²) in [5.41, 5.74) is 1.38. The number of fused-ring (bicyclic) bond motifs is 1. The Hall–Kier alpha value is -2.17. The van der Waals surface area contributed by atoms with E-state index in [1.165, 1.54) is 13.3 Å². The largest absolute Gasteiger partial charge is 0.465 e. The van der Waals surface area contributed by atoms with E-state index in [9.17, 15) is 17.4 Å². The highest BCUT2D eigenvalue weighted by Gasteiger charge is 2.24. The summed E-state index contributed by atoms with van der Waals surface area (Å²) in [6.45, 7) is 0. The van der Waals surface area contributed by atoms with Crippen molar-refractivity contribution in [2.24, 2.45) is 0 Å². The van der Waals surface area contributed by atoms with Gasteiger partial charge in [-0.1, -0.05) is 12.1 Å². The molecule has 0 saturated carbocycles. The third-order valence-corrected chi connectivity index (χ3v) is 6.44. The molecule has 26 heavy (non-hydrogen) atoms. The first-order chi connectivity index (χ1) is 12.2. The highest BCUT2D eigenvalue weighted by Crippen LogP contribution is 2.38. The van der Waals surface area contributed by atoms with Crippen LogP contribution in [0.25, 0.3) is 21.3 Å². The molecule has 1 aromatic carbocycles. The van der Waals surface area contributed by atoms with Crippen molar-refractivity contribution in [1.82, 2.24) is 9.97 Å². The summed E-state index contributed by atoms with van der Waals surface area (Å²) in [5, 5.41) is -0.323. The summed E-state index contributed by atoms with van der Waals surface area (Å²) < 4.78 is 40.8. The maximum absolute atomic E-state index is 12.2. The molecule has 2 aromatic heterocycles. The van der Waals surface area contributed by atoms with Gasteiger partial charge in [0.05, 0.1) is 17.3 Å². The van der Waals surface area contributed by atoms with E-state index in [0.29, 0.717) is 26.2 Å². The van der Waals surface area contributed by atoms with Crippen molar-refractivity contribution in [3.05, 3.63) is 35.3 Å². The molecule has 0 amide bonds. The molecule has 2 heterocycles. The summed E-state index contributed by atoms with van der Waals surface area (Å²) in [6.07, 6.45) is 3.94. The maximum Gasteiger partial charge on any atom is 0.348 e. The van der Waals surface area contributed by atoms with Crippen molar-refractivity contribution in [1.29, 1.82) is 0 Å². The van der Waals surface area contributed by atoms with Crippen LogP contribution in [0, 0.1) is 0 Å². The lowest BCUT2D eigenvalue weighted by Crippen LogP contribution is -2.04. The van der Waals surface area contributed by atoms with Gasteiger partial charge in [0.2, 0.25) is 15.0 Å². The third-order valence-electron chi connectivity index (χ3n) is 3.57. The highest BCUT2D eigenvalue weighted by molar-refractivity contribution is 7.90. The first-order valence-electron chi connectivity index (χ1n) is 7.24. The third kappa shape index (κ3) is 3.39. The number of aromatic nitrogens is 2. The van der Waals surface area contributed by atoms with Crippen LogP contribution in [0.1, 0.15) is 9.67 Å². The molecule has 7 nitrogen and oxygen atoms in total. The zero-order valence-corrected chi connectivity index (χ0v) is 16.5. The van der Waals surface area contributed by atoms with Crippen LogP contribution in [-0.2, 0) is 25.4 Å². The summed E-state index contributed by atoms with van der Waals surface area (Å²) in [7, 11) is -3.56. The molecule has 1 atom stereocenters. The van der Waals surface area contributed by atoms with Crippen LogP contribution in [-0.4, -0.2) is 48.2 Å². The normalized spacial score (nSPS) is 12.9. The van der Waals surface area contributed by atoms with Gasteiger partial charge in [0.1, 0.15) is 4.88 Å². The van der Waals surface area contributed by atoms with Gasteiger partial charge in [0.25, 0.3) is 0 Å². The Bertz CT molecular complexity index is 1150. The molecule has 0 N–H and O–H groups in total. The van der Waals surface area contributed by atoms with Crippen molar-refractivity contribution < 1.29 is 22.2 Å². The SMILES string of the molecule is COC(=O)c1sc2cnc(S(C)(=O)=O)nc2c1-c1cccc([S@](C)=O)c1. The lowest BCUT2D eigenvalue weighted by molar-refractivity contribution is 0.0607. The first-order valence-corrected chi connectivity index (χ1v) is 11.5. The lowest BCUT2D eigenvalue weighted by atomic mass is 10.1.